The van der Waals surface area contributed by atoms with Gasteiger partial charge in [-0.2, -0.15) is 0 Å². The molecule has 2 aromatic rings. The van der Waals surface area contributed by atoms with Gasteiger partial charge in [0.05, 0.1) is 4.90 Å². The smallest absolute Gasteiger partial charge is 0.211 e. The lowest BCUT2D eigenvalue weighted by Crippen LogP contribution is -2.25. The Hall–Kier alpha value is -1.10. The van der Waals surface area contributed by atoms with Crippen LogP contribution in [0.25, 0.3) is 10.8 Å². The number of benzene rings is 2. The number of nitrogens with one attached hydrogen (secondary N) is 1. The Balaban J connectivity index is 2.08. The number of alkyl halides is 1. The van der Waals surface area contributed by atoms with Crippen LogP contribution in [0.2, 0.25) is 0 Å². The summed E-state index contributed by atoms with van der Waals surface area (Å²) in [4.78, 5) is 0.339. The monoisotopic (exact) mass is 325 g/mol. The lowest BCUT2D eigenvalue weighted by atomic mass is 10.1. The number of hydrogen-bond acceptors (Lipinski definition) is 2. The third-order valence-corrected chi connectivity index (χ3v) is 5.10. The lowest BCUT2D eigenvalue weighted by molar-refractivity contribution is 0.575. The first kappa shape index (κ1) is 16.3. The highest BCUT2D eigenvalue weighted by Crippen LogP contribution is 2.22. The molecule has 0 heterocycles. The standard InChI is InChI=1S/C16H20ClNO2S/c1-13(17)7-4-5-12-18-21(19,20)16-11-6-9-14-8-2-3-10-15(14)16/h2-3,6,8-11,13,18H,4-5,7,12H2,1H3. The van der Waals surface area contributed by atoms with E-state index in [1.54, 1.807) is 12.1 Å². The largest absolute Gasteiger partial charge is 0.241 e. The van der Waals surface area contributed by atoms with Crippen LogP contribution in [0.1, 0.15) is 26.2 Å². The molecule has 1 atom stereocenters. The molecule has 0 saturated heterocycles. The normalized spacial score (nSPS) is 13.4. The second-order valence-corrected chi connectivity index (χ2v) is 7.63. The number of rotatable bonds is 7. The van der Waals surface area contributed by atoms with E-state index < -0.39 is 10.0 Å². The van der Waals surface area contributed by atoms with Crippen LogP contribution in [0, 0.1) is 0 Å². The van der Waals surface area contributed by atoms with Crippen molar-refractivity contribution in [3.05, 3.63) is 42.5 Å². The summed E-state index contributed by atoms with van der Waals surface area (Å²) in [5.74, 6) is 0. The zero-order valence-corrected chi connectivity index (χ0v) is 13.6. The molecular weight excluding hydrogens is 306 g/mol. The van der Waals surface area contributed by atoms with E-state index in [4.69, 9.17) is 11.6 Å². The fourth-order valence-corrected chi connectivity index (χ4v) is 3.72. The number of fused-ring (bicyclic) bond motifs is 1. The maximum Gasteiger partial charge on any atom is 0.241 e. The maximum absolute atomic E-state index is 12.4. The molecule has 0 aliphatic carbocycles. The molecule has 0 radical (unpaired) electrons. The van der Waals surface area contributed by atoms with Gasteiger partial charge in [-0.15, -0.1) is 11.6 Å². The van der Waals surface area contributed by atoms with E-state index in [-0.39, 0.29) is 5.38 Å². The predicted molar refractivity (Wildman–Crippen MR) is 88.3 cm³/mol. The van der Waals surface area contributed by atoms with Crippen molar-refractivity contribution in [2.24, 2.45) is 0 Å². The average Bonchev–Trinajstić information content (AvgIpc) is 2.46. The summed E-state index contributed by atoms with van der Waals surface area (Å²) in [6.07, 6.45) is 2.61. The Morgan fingerprint density at radius 1 is 1.10 bits per heavy atom. The van der Waals surface area contributed by atoms with E-state index in [1.165, 1.54) is 0 Å². The highest BCUT2D eigenvalue weighted by molar-refractivity contribution is 7.89. The molecule has 0 amide bonds. The molecule has 2 aromatic carbocycles. The fraction of sp³-hybridized carbons (Fsp3) is 0.375. The highest BCUT2D eigenvalue weighted by atomic mass is 35.5. The molecule has 0 spiro atoms. The highest BCUT2D eigenvalue weighted by Gasteiger charge is 2.16. The van der Waals surface area contributed by atoms with E-state index >= 15 is 0 Å². The topological polar surface area (TPSA) is 46.2 Å². The van der Waals surface area contributed by atoms with E-state index in [0.29, 0.717) is 11.4 Å². The van der Waals surface area contributed by atoms with Crippen LogP contribution in [0.15, 0.2) is 47.4 Å². The second kappa shape index (κ2) is 7.25. The minimum atomic E-state index is -3.47. The van der Waals surface area contributed by atoms with Crippen molar-refractivity contribution >= 4 is 32.4 Å². The SMILES string of the molecule is CC(Cl)CCCCNS(=O)(=O)c1cccc2ccccc12. The molecule has 21 heavy (non-hydrogen) atoms. The minimum absolute atomic E-state index is 0.139. The van der Waals surface area contributed by atoms with E-state index in [1.807, 2.05) is 37.3 Å². The van der Waals surface area contributed by atoms with Gasteiger partial charge in [0.25, 0.3) is 0 Å². The van der Waals surface area contributed by atoms with E-state index in [9.17, 15) is 8.42 Å². The van der Waals surface area contributed by atoms with Gasteiger partial charge < -0.3 is 0 Å². The van der Waals surface area contributed by atoms with Gasteiger partial charge in [0, 0.05) is 17.3 Å². The zero-order valence-electron chi connectivity index (χ0n) is 12.0. The van der Waals surface area contributed by atoms with Crippen molar-refractivity contribution in [3.8, 4) is 0 Å². The van der Waals surface area contributed by atoms with Gasteiger partial charge in [-0.25, -0.2) is 13.1 Å². The first-order valence-electron chi connectivity index (χ1n) is 7.12. The molecule has 0 aliphatic rings. The van der Waals surface area contributed by atoms with Crippen molar-refractivity contribution in [1.82, 2.24) is 4.72 Å². The van der Waals surface area contributed by atoms with E-state index in [2.05, 4.69) is 4.72 Å². The first-order chi connectivity index (χ1) is 10.0. The quantitative estimate of drug-likeness (QED) is 0.619. The Kier molecular flexibility index (Phi) is 5.62. The third-order valence-electron chi connectivity index (χ3n) is 3.36. The predicted octanol–water partition coefficient (Wildman–Crippen LogP) is 3.92. The summed E-state index contributed by atoms with van der Waals surface area (Å²) in [7, 11) is -3.47. The molecule has 5 heteroatoms. The van der Waals surface area contributed by atoms with Gasteiger partial charge in [-0.3, -0.25) is 0 Å². The van der Waals surface area contributed by atoms with Crippen LogP contribution in [0.4, 0.5) is 0 Å². The molecule has 1 N–H and O–H groups in total. The number of sulfonamides is 1. The summed E-state index contributed by atoms with van der Waals surface area (Å²) in [6, 6.07) is 12.8. The fourth-order valence-electron chi connectivity index (χ4n) is 2.26. The summed E-state index contributed by atoms with van der Waals surface area (Å²) in [6.45, 7) is 2.39. The Labute approximate surface area is 131 Å². The molecule has 2 rings (SSSR count). The lowest BCUT2D eigenvalue weighted by Gasteiger charge is -2.09. The van der Waals surface area contributed by atoms with E-state index in [0.717, 1.165) is 30.0 Å². The van der Waals surface area contributed by atoms with Crippen LogP contribution in [-0.4, -0.2) is 20.3 Å². The van der Waals surface area contributed by atoms with Gasteiger partial charge in [-0.05, 0) is 31.2 Å². The molecule has 1 unspecified atom stereocenters. The molecule has 114 valence electrons. The van der Waals surface area contributed by atoms with Crippen molar-refractivity contribution in [1.29, 1.82) is 0 Å². The summed E-state index contributed by atoms with van der Waals surface area (Å²) in [5, 5.41) is 1.82. The Bertz CT molecular complexity index is 693. The third kappa shape index (κ3) is 4.43. The molecule has 3 nitrogen and oxygen atoms in total. The molecule has 0 saturated carbocycles. The van der Waals surface area contributed by atoms with Gasteiger partial charge in [0.1, 0.15) is 0 Å². The Morgan fingerprint density at radius 3 is 2.57 bits per heavy atom. The number of hydrogen-bond donors (Lipinski definition) is 1. The molecule has 0 aromatic heterocycles. The van der Waals surface area contributed by atoms with Crippen molar-refractivity contribution in [3.63, 3.8) is 0 Å². The number of unbranched alkanes of at least 4 members (excludes halogenated alkanes) is 1. The van der Waals surface area contributed by atoms with Gasteiger partial charge >= 0.3 is 0 Å². The van der Waals surface area contributed by atoms with Crippen LogP contribution in [-0.2, 0) is 10.0 Å². The second-order valence-electron chi connectivity index (χ2n) is 5.15. The molecular formula is C16H20ClNO2S. The van der Waals surface area contributed by atoms with Crippen molar-refractivity contribution < 1.29 is 8.42 Å². The van der Waals surface area contributed by atoms with Crippen molar-refractivity contribution in [2.75, 3.05) is 6.54 Å². The molecule has 0 aliphatic heterocycles. The number of halogens is 1. The maximum atomic E-state index is 12.4. The van der Waals surface area contributed by atoms with Crippen LogP contribution >= 0.6 is 11.6 Å². The van der Waals surface area contributed by atoms with Crippen LogP contribution in [0.5, 0.6) is 0 Å². The minimum Gasteiger partial charge on any atom is -0.211 e. The van der Waals surface area contributed by atoms with Crippen LogP contribution < -0.4 is 4.72 Å². The summed E-state index contributed by atoms with van der Waals surface area (Å²) >= 11 is 5.87. The average molecular weight is 326 g/mol. The van der Waals surface area contributed by atoms with Gasteiger partial charge in [0.15, 0.2) is 0 Å². The van der Waals surface area contributed by atoms with Gasteiger partial charge in [0.2, 0.25) is 10.0 Å². The zero-order chi connectivity index (χ0) is 15.3. The Morgan fingerprint density at radius 2 is 1.81 bits per heavy atom. The first-order valence-corrected chi connectivity index (χ1v) is 9.04. The van der Waals surface area contributed by atoms with Crippen molar-refractivity contribution in [2.45, 2.75) is 36.5 Å². The summed E-state index contributed by atoms with van der Waals surface area (Å²) < 4.78 is 27.5. The van der Waals surface area contributed by atoms with Gasteiger partial charge in [-0.1, -0.05) is 42.8 Å². The molecule has 0 fully saturated rings. The summed E-state index contributed by atoms with van der Waals surface area (Å²) in [5.41, 5.74) is 0. The van der Waals surface area contributed by atoms with Crippen LogP contribution in [0.3, 0.4) is 0 Å². The molecule has 0 bridgehead atoms.